The van der Waals surface area contributed by atoms with Gasteiger partial charge >= 0.3 is 0 Å². The highest BCUT2D eigenvalue weighted by atomic mass is 16.5. The van der Waals surface area contributed by atoms with Gasteiger partial charge in [0.1, 0.15) is 0 Å². The molecule has 0 spiro atoms. The van der Waals surface area contributed by atoms with Crippen molar-refractivity contribution in [3.63, 3.8) is 0 Å². The number of nitrogens with one attached hydrogen (secondary N) is 3. The van der Waals surface area contributed by atoms with Crippen LogP contribution in [0.3, 0.4) is 0 Å². The minimum Gasteiger partial charge on any atom is -0.478 e. The standard InChI is InChI=1S/C18H22N4O2/c1-2-24-18-14(9-6-10-19-18)11-20-17(23)15-12-21-22-16(15)13-7-4-3-5-8-13/h3-10,15-16,21-22H,2,11-12H2,1H3,(H,20,23). The summed E-state index contributed by atoms with van der Waals surface area (Å²) in [5.74, 6) is 0.412. The lowest BCUT2D eigenvalue weighted by atomic mass is 9.94. The lowest BCUT2D eigenvalue weighted by Crippen LogP contribution is -2.34. The monoisotopic (exact) mass is 326 g/mol. The number of amides is 1. The molecule has 24 heavy (non-hydrogen) atoms. The van der Waals surface area contributed by atoms with E-state index >= 15 is 0 Å². The Balaban J connectivity index is 1.65. The highest BCUT2D eigenvalue weighted by molar-refractivity contribution is 5.80. The van der Waals surface area contributed by atoms with E-state index in [9.17, 15) is 4.79 Å². The molecule has 0 radical (unpaired) electrons. The molecule has 6 heteroatoms. The van der Waals surface area contributed by atoms with Gasteiger partial charge < -0.3 is 10.1 Å². The molecule has 6 nitrogen and oxygen atoms in total. The molecular weight excluding hydrogens is 304 g/mol. The van der Waals surface area contributed by atoms with E-state index in [2.05, 4.69) is 21.2 Å². The Bertz CT molecular complexity index is 678. The fraction of sp³-hybridized carbons (Fsp3) is 0.333. The van der Waals surface area contributed by atoms with Crippen LogP contribution in [0.4, 0.5) is 0 Å². The van der Waals surface area contributed by atoms with Gasteiger partial charge in [-0.2, -0.15) is 0 Å². The van der Waals surface area contributed by atoms with Gasteiger partial charge in [0, 0.05) is 24.8 Å². The van der Waals surface area contributed by atoms with E-state index in [1.807, 2.05) is 49.4 Å². The third-order valence-electron chi connectivity index (χ3n) is 4.06. The summed E-state index contributed by atoms with van der Waals surface area (Å²) in [7, 11) is 0. The predicted octanol–water partition coefficient (Wildman–Crippen LogP) is 1.56. The topological polar surface area (TPSA) is 75.3 Å². The summed E-state index contributed by atoms with van der Waals surface area (Å²) in [4.78, 5) is 16.8. The lowest BCUT2D eigenvalue weighted by Gasteiger charge is -2.18. The molecule has 1 aromatic carbocycles. The van der Waals surface area contributed by atoms with Crippen molar-refractivity contribution in [2.75, 3.05) is 13.2 Å². The largest absolute Gasteiger partial charge is 0.478 e. The first kappa shape index (κ1) is 16.4. The molecule has 1 amide bonds. The van der Waals surface area contributed by atoms with Crippen LogP contribution in [-0.4, -0.2) is 24.0 Å². The van der Waals surface area contributed by atoms with E-state index in [0.717, 1.165) is 11.1 Å². The Labute approximate surface area is 141 Å². The summed E-state index contributed by atoms with van der Waals surface area (Å²) < 4.78 is 5.50. The van der Waals surface area contributed by atoms with E-state index < -0.39 is 0 Å². The van der Waals surface area contributed by atoms with Gasteiger partial charge in [0.2, 0.25) is 11.8 Å². The lowest BCUT2D eigenvalue weighted by molar-refractivity contribution is -0.125. The van der Waals surface area contributed by atoms with Crippen LogP contribution in [0.1, 0.15) is 24.1 Å². The molecule has 1 saturated heterocycles. The number of hydrogen-bond acceptors (Lipinski definition) is 5. The summed E-state index contributed by atoms with van der Waals surface area (Å²) in [5.41, 5.74) is 8.24. The number of nitrogens with zero attached hydrogens (tertiary/aromatic N) is 1. The molecule has 126 valence electrons. The summed E-state index contributed by atoms with van der Waals surface area (Å²) in [6.45, 7) is 3.46. The van der Waals surface area contributed by atoms with Gasteiger partial charge in [-0.05, 0) is 18.6 Å². The average Bonchev–Trinajstić information content (AvgIpc) is 3.11. The van der Waals surface area contributed by atoms with E-state index in [1.165, 1.54) is 0 Å². The zero-order chi connectivity index (χ0) is 16.8. The zero-order valence-corrected chi connectivity index (χ0v) is 13.7. The number of hydrogen-bond donors (Lipinski definition) is 3. The summed E-state index contributed by atoms with van der Waals surface area (Å²) in [5, 5.41) is 3.00. The van der Waals surface area contributed by atoms with Crippen LogP contribution in [0.5, 0.6) is 5.88 Å². The number of hydrazine groups is 1. The first-order valence-corrected chi connectivity index (χ1v) is 8.17. The molecule has 1 aromatic heterocycles. The molecule has 2 atom stereocenters. The zero-order valence-electron chi connectivity index (χ0n) is 13.7. The molecule has 3 N–H and O–H groups in total. The average molecular weight is 326 g/mol. The van der Waals surface area contributed by atoms with Crippen molar-refractivity contribution in [1.29, 1.82) is 0 Å². The van der Waals surface area contributed by atoms with Gasteiger partial charge in [-0.25, -0.2) is 10.4 Å². The second kappa shape index (κ2) is 7.90. The van der Waals surface area contributed by atoms with Gasteiger partial charge in [-0.3, -0.25) is 10.2 Å². The van der Waals surface area contributed by atoms with Crippen molar-refractivity contribution in [3.8, 4) is 5.88 Å². The van der Waals surface area contributed by atoms with E-state index in [-0.39, 0.29) is 17.9 Å². The maximum Gasteiger partial charge on any atom is 0.226 e. The number of carbonyl (C=O) groups excluding carboxylic acids is 1. The number of pyridine rings is 1. The second-order valence-corrected chi connectivity index (χ2v) is 5.64. The molecule has 1 aliphatic heterocycles. The number of rotatable bonds is 6. The third-order valence-corrected chi connectivity index (χ3v) is 4.06. The summed E-state index contributed by atoms with van der Waals surface area (Å²) in [6, 6.07) is 13.7. The smallest absolute Gasteiger partial charge is 0.226 e. The van der Waals surface area contributed by atoms with Crippen LogP contribution < -0.4 is 20.9 Å². The van der Waals surface area contributed by atoms with Crippen molar-refractivity contribution >= 4 is 5.91 Å². The summed E-state index contributed by atoms with van der Waals surface area (Å²) in [6.07, 6.45) is 1.69. The highest BCUT2D eigenvalue weighted by Crippen LogP contribution is 2.25. The van der Waals surface area contributed by atoms with Crippen LogP contribution in [0.15, 0.2) is 48.7 Å². The van der Waals surface area contributed by atoms with Crippen LogP contribution in [0, 0.1) is 5.92 Å². The van der Waals surface area contributed by atoms with Gasteiger partial charge in [-0.1, -0.05) is 36.4 Å². The van der Waals surface area contributed by atoms with E-state index in [0.29, 0.717) is 25.6 Å². The van der Waals surface area contributed by atoms with Gasteiger partial charge in [0.25, 0.3) is 0 Å². The van der Waals surface area contributed by atoms with Crippen LogP contribution in [0.2, 0.25) is 0 Å². The molecule has 1 aliphatic rings. The predicted molar refractivity (Wildman–Crippen MR) is 91.1 cm³/mol. The van der Waals surface area contributed by atoms with Crippen molar-refractivity contribution in [2.24, 2.45) is 5.92 Å². The molecule has 2 aromatic rings. The van der Waals surface area contributed by atoms with E-state index in [4.69, 9.17) is 4.74 Å². The third kappa shape index (κ3) is 3.72. The molecule has 0 bridgehead atoms. The highest BCUT2D eigenvalue weighted by Gasteiger charge is 2.33. The molecule has 0 saturated carbocycles. The number of carbonyl (C=O) groups is 1. The Morgan fingerprint density at radius 3 is 2.92 bits per heavy atom. The fourth-order valence-electron chi connectivity index (χ4n) is 2.86. The number of aromatic nitrogens is 1. The van der Waals surface area contributed by atoms with Crippen LogP contribution in [-0.2, 0) is 11.3 Å². The Hall–Kier alpha value is -2.44. The minimum atomic E-state index is -0.167. The van der Waals surface area contributed by atoms with Crippen molar-refractivity contribution in [1.82, 2.24) is 21.2 Å². The van der Waals surface area contributed by atoms with Crippen molar-refractivity contribution < 1.29 is 9.53 Å². The molecule has 3 rings (SSSR count). The van der Waals surface area contributed by atoms with E-state index in [1.54, 1.807) is 6.20 Å². The molecule has 2 unspecified atom stereocenters. The summed E-state index contributed by atoms with van der Waals surface area (Å²) >= 11 is 0. The van der Waals surface area contributed by atoms with Crippen molar-refractivity contribution in [2.45, 2.75) is 19.5 Å². The number of benzene rings is 1. The van der Waals surface area contributed by atoms with Gasteiger partial charge in [-0.15, -0.1) is 0 Å². The van der Waals surface area contributed by atoms with Crippen molar-refractivity contribution in [3.05, 3.63) is 59.8 Å². The maximum absolute atomic E-state index is 12.6. The second-order valence-electron chi connectivity index (χ2n) is 5.64. The Kier molecular flexibility index (Phi) is 5.40. The number of ether oxygens (including phenoxy) is 1. The minimum absolute atomic E-state index is 0.00709. The first-order valence-electron chi connectivity index (χ1n) is 8.17. The van der Waals surface area contributed by atoms with Gasteiger partial charge in [0.15, 0.2) is 0 Å². The Morgan fingerprint density at radius 2 is 2.12 bits per heavy atom. The normalized spacial score (nSPS) is 19.9. The molecule has 1 fully saturated rings. The quantitative estimate of drug-likeness (QED) is 0.751. The first-order chi connectivity index (χ1) is 11.8. The molecule has 2 heterocycles. The molecule has 0 aliphatic carbocycles. The SMILES string of the molecule is CCOc1ncccc1CNC(=O)C1CNNC1c1ccccc1. The van der Waals surface area contributed by atoms with Crippen LogP contribution in [0.25, 0.3) is 0 Å². The Morgan fingerprint density at radius 1 is 1.29 bits per heavy atom. The van der Waals surface area contributed by atoms with Crippen LogP contribution >= 0.6 is 0 Å². The fourth-order valence-corrected chi connectivity index (χ4v) is 2.86. The molecular formula is C18H22N4O2. The van der Waals surface area contributed by atoms with Gasteiger partial charge in [0.05, 0.1) is 18.6 Å². The maximum atomic E-state index is 12.6.